The molecule has 1 N–H and O–H groups in total. The second kappa shape index (κ2) is 5.91. The molecule has 1 heterocycles. The summed E-state index contributed by atoms with van der Waals surface area (Å²) in [7, 11) is 0. The fraction of sp³-hybridized carbons (Fsp3) is 0.625. The van der Waals surface area contributed by atoms with Crippen LogP contribution in [0.15, 0.2) is 18.2 Å². The molecule has 0 saturated heterocycles. The molecule has 1 aromatic carbocycles. The molecule has 0 spiro atoms. The molecule has 0 bridgehead atoms. The Labute approximate surface area is 114 Å². The van der Waals surface area contributed by atoms with Gasteiger partial charge in [-0.1, -0.05) is 26.2 Å². The normalized spacial score (nSPS) is 25.8. The Morgan fingerprint density at radius 1 is 1.37 bits per heavy atom. The number of unbranched alkanes of at least 4 members (excludes halogenated alkanes) is 3. The highest BCUT2D eigenvalue weighted by molar-refractivity contribution is 5.38. The monoisotopic (exact) mass is 266 g/mol. The average Bonchev–Trinajstić information content (AvgIpc) is 2.34. The molecule has 0 saturated carbocycles. The molecular formula is C16H23FO2. The maximum atomic E-state index is 13.3. The van der Waals surface area contributed by atoms with Gasteiger partial charge in [0.1, 0.15) is 17.2 Å². The number of hydrogen-bond donors (Lipinski definition) is 1. The van der Waals surface area contributed by atoms with Crippen LogP contribution in [0.25, 0.3) is 0 Å². The second-order valence-corrected chi connectivity index (χ2v) is 5.76. The first-order valence-corrected chi connectivity index (χ1v) is 7.20. The Kier molecular flexibility index (Phi) is 4.46. The number of halogens is 1. The van der Waals surface area contributed by atoms with Crippen LogP contribution in [0, 0.1) is 5.82 Å². The summed E-state index contributed by atoms with van der Waals surface area (Å²) in [6, 6.07) is 4.36. The number of aliphatic hydroxyl groups is 1. The van der Waals surface area contributed by atoms with E-state index < -0.39 is 6.10 Å². The molecule has 2 atom stereocenters. The van der Waals surface area contributed by atoms with E-state index in [1.807, 2.05) is 6.92 Å². The third kappa shape index (κ3) is 3.47. The minimum Gasteiger partial charge on any atom is -0.487 e. The SMILES string of the molecule is CCCCCCC1(C)C[C@H](O)c2ccc(F)cc2O1. The summed E-state index contributed by atoms with van der Waals surface area (Å²) in [4.78, 5) is 0. The van der Waals surface area contributed by atoms with Crippen molar-refractivity contribution in [3.8, 4) is 5.75 Å². The van der Waals surface area contributed by atoms with Gasteiger partial charge in [-0.2, -0.15) is 0 Å². The molecule has 1 aliphatic rings. The second-order valence-electron chi connectivity index (χ2n) is 5.76. The van der Waals surface area contributed by atoms with Crippen molar-refractivity contribution >= 4 is 0 Å². The Bertz CT molecular complexity index is 433. The third-order valence-corrected chi connectivity index (χ3v) is 3.88. The van der Waals surface area contributed by atoms with Crippen LogP contribution in [0.1, 0.15) is 64.0 Å². The lowest BCUT2D eigenvalue weighted by Gasteiger charge is -2.38. The molecule has 0 fully saturated rings. The summed E-state index contributed by atoms with van der Waals surface area (Å²) < 4.78 is 19.2. The summed E-state index contributed by atoms with van der Waals surface area (Å²) in [5, 5.41) is 10.2. The molecule has 106 valence electrons. The van der Waals surface area contributed by atoms with E-state index in [1.54, 1.807) is 6.07 Å². The van der Waals surface area contributed by atoms with Crippen LogP contribution in [0.4, 0.5) is 4.39 Å². The van der Waals surface area contributed by atoms with Crippen LogP contribution in [0.3, 0.4) is 0 Å². The molecule has 2 nitrogen and oxygen atoms in total. The Morgan fingerprint density at radius 2 is 2.16 bits per heavy atom. The van der Waals surface area contributed by atoms with Gasteiger partial charge in [-0.05, 0) is 31.9 Å². The van der Waals surface area contributed by atoms with E-state index in [0.717, 1.165) is 12.8 Å². The zero-order valence-electron chi connectivity index (χ0n) is 11.8. The number of benzene rings is 1. The fourth-order valence-corrected chi connectivity index (χ4v) is 2.78. The zero-order valence-corrected chi connectivity index (χ0v) is 11.8. The smallest absolute Gasteiger partial charge is 0.128 e. The molecule has 0 radical (unpaired) electrons. The molecule has 2 rings (SSSR count). The summed E-state index contributed by atoms with van der Waals surface area (Å²) in [5.74, 6) is 0.179. The lowest BCUT2D eigenvalue weighted by Crippen LogP contribution is -2.38. The summed E-state index contributed by atoms with van der Waals surface area (Å²) in [5.41, 5.74) is 0.320. The number of ether oxygens (including phenoxy) is 1. The standard InChI is InChI=1S/C16H23FO2/c1-3-4-5-6-9-16(2)11-14(18)13-8-7-12(17)10-15(13)19-16/h7-8,10,14,18H,3-6,9,11H2,1-2H3/t14-,16?/m0/s1. The molecule has 19 heavy (non-hydrogen) atoms. The van der Waals surface area contributed by atoms with Gasteiger partial charge in [-0.15, -0.1) is 0 Å². The van der Waals surface area contributed by atoms with E-state index in [4.69, 9.17) is 4.74 Å². The van der Waals surface area contributed by atoms with Gasteiger partial charge in [0.25, 0.3) is 0 Å². The number of hydrogen-bond acceptors (Lipinski definition) is 2. The highest BCUT2D eigenvalue weighted by Gasteiger charge is 2.36. The average molecular weight is 266 g/mol. The highest BCUT2D eigenvalue weighted by Crippen LogP contribution is 2.41. The molecular weight excluding hydrogens is 243 g/mol. The van der Waals surface area contributed by atoms with Crippen molar-refractivity contribution in [3.05, 3.63) is 29.6 Å². The first-order chi connectivity index (χ1) is 9.04. The number of fused-ring (bicyclic) bond motifs is 1. The maximum absolute atomic E-state index is 13.3. The fourth-order valence-electron chi connectivity index (χ4n) is 2.78. The molecule has 1 unspecified atom stereocenters. The highest BCUT2D eigenvalue weighted by atomic mass is 19.1. The first kappa shape index (κ1) is 14.3. The van der Waals surface area contributed by atoms with E-state index in [2.05, 4.69) is 6.92 Å². The minimum atomic E-state index is -0.555. The van der Waals surface area contributed by atoms with E-state index in [9.17, 15) is 9.50 Å². The molecule has 0 amide bonds. The Morgan fingerprint density at radius 3 is 2.89 bits per heavy atom. The summed E-state index contributed by atoms with van der Waals surface area (Å²) in [6.07, 6.45) is 5.62. The topological polar surface area (TPSA) is 29.5 Å². The van der Waals surface area contributed by atoms with Gasteiger partial charge in [-0.3, -0.25) is 0 Å². The number of aliphatic hydroxyl groups excluding tert-OH is 1. The predicted octanol–water partition coefficient (Wildman–Crippen LogP) is 4.37. The predicted molar refractivity (Wildman–Crippen MR) is 73.8 cm³/mol. The van der Waals surface area contributed by atoms with Crippen LogP contribution < -0.4 is 4.74 Å². The van der Waals surface area contributed by atoms with Gasteiger partial charge in [0, 0.05) is 18.1 Å². The van der Waals surface area contributed by atoms with Crippen molar-refractivity contribution in [3.63, 3.8) is 0 Å². The van der Waals surface area contributed by atoms with Gasteiger partial charge in [0.15, 0.2) is 0 Å². The molecule has 0 aliphatic carbocycles. The van der Waals surface area contributed by atoms with E-state index in [1.165, 1.54) is 31.4 Å². The van der Waals surface area contributed by atoms with Crippen molar-refractivity contribution in [1.29, 1.82) is 0 Å². The largest absolute Gasteiger partial charge is 0.487 e. The first-order valence-electron chi connectivity index (χ1n) is 7.20. The van der Waals surface area contributed by atoms with Gasteiger partial charge < -0.3 is 9.84 Å². The molecule has 1 aliphatic heterocycles. The van der Waals surface area contributed by atoms with Crippen LogP contribution in [-0.2, 0) is 0 Å². The van der Waals surface area contributed by atoms with E-state index in [-0.39, 0.29) is 11.4 Å². The maximum Gasteiger partial charge on any atom is 0.128 e. The lowest BCUT2D eigenvalue weighted by atomic mass is 9.86. The minimum absolute atomic E-state index is 0.318. The third-order valence-electron chi connectivity index (χ3n) is 3.88. The number of rotatable bonds is 5. The van der Waals surface area contributed by atoms with Gasteiger partial charge in [0.2, 0.25) is 0 Å². The van der Waals surface area contributed by atoms with E-state index >= 15 is 0 Å². The Hall–Kier alpha value is -1.09. The van der Waals surface area contributed by atoms with Crippen molar-refractivity contribution in [2.75, 3.05) is 0 Å². The lowest BCUT2D eigenvalue weighted by molar-refractivity contribution is -0.00876. The molecule has 1 aromatic rings. The van der Waals surface area contributed by atoms with E-state index in [0.29, 0.717) is 17.7 Å². The Balaban J connectivity index is 2.05. The van der Waals surface area contributed by atoms with Crippen LogP contribution in [0.2, 0.25) is 0 Å². The van der Waals surface area contributed by atoms with Gasteiger partial charge in [0.05, 0.1) is 6.10 Å². The van der Waals surface area contributed by atoms with Crippen molar-refractivity contribution in [2.24, 2.45) is 0 Å². The van der Waals surface area contributed by atoms with Crippen LogP contribution in [0.5, 0.6) is 5.75 Å². The van der Waals surface area contributed by atoms with Crippen molar-refractivity contribution in [1.82, 2.24) is 0 Å². The van der Waals surface area contributed by atoms with Crippen molar-refractivity contribution in [2.45, 2.75) is 64.1 Å². The summed E-state index contributed by atoms with van der Waals surface area (Å²) in [6.45, 7) is 4.19. The van der Waals surface area contributed by atoms with Gasteiger partial charge in [-0.25, -0.2) is 4.39 Å². The van der Waals surface area contributed by atoms with Crippen molar-refractivity contribution < 1.29 is 14.2 Å². The van der Waals surface area contributed by atoms with Crippen LogP contribution >= 0.6 is 0 Å². The quantitative estimate of drug-likeness (QED) is 0.802. The molecule has 3 heteroatoms. The molecule has 0 aromatic heterocycles. The zero-order chi connectivity index (χ0) is 13.9. The van der Waals surface area contributed by atoms with Crippen LogP contribution in [-0.4, -0.2) is 10.7 Å². The summed E-state index contributed by atoms with van der Waals surface area (Å²) >= 11 is 0. The van der Waals surface area contributed by atoms with Gasteiger partial charge >= 0.3 is 0 Å².